The Hall–Kier alpha value is -2.17. The number of ether oxygens (including phenoxy) is 1. The molecular weight excluding hydrogens is 290 g/mol. The SMILES string of the molecule is C=C1[C@@H](OC(=O)c2cnc3c(c2)ncn3C)C[C@H]2C[C@@H]1C2(C)C. The maximum Gasteiger partial charge on any atom is 0.340 e. The number of hydrogen-bond acceptors (Lipinski definition) is 4. The van der Waals surface area contributed by atoms with E-state index in [2.05, 4.69) is 30.4 Å². The van der Waals surface area contributed by atoms with Crippen LogP contribution in [0.2, 0.25) is 0 Å². The highest BCUT2D eigenvalue weighted by Crippen LogP contribution is 2.61. The van der Waals surface area contributed by atoms with E-state index in [9.17, 15) is 4.79 Å². The van der Waals surface area contributed by atoms with Crippen LogP contribution in [-0.2, 0) is 11.8 Å². The fourth-order valence-electron chi connectivity index (χ4n) is 4.13. The second-order valence-corrected chi connectivity index (χ2v) is 7.43. The van der Waals surface area contributed by atoms with Crippen molar-refractivity contribution in [1.82, 2.24) is 14.5 Å². The van der Waals surface area contributed by atoms with E-state index in [-0.39, 0.29) is 12.1 Å². The van der Waals surface area contributed by atoms with Crippen molar-refractivity contribution in [2.45, 2.75) is 32.8 Å². The fourth-order valence-corrected chi connectivity index (χ4v) is 4.13. The molecular formula is C18H21N3O2. The zero-order valence-electron chi connectivity index (χ0n) is 13.7. The fraction of sp³-hybridized carbons (Fsp3) is 0.500. The summed E-state index contributed by atoms with van der Waals surface area (Å²) in [6.45, 7) is 8.77. The average molecular weight is 311 g/mol. The normalized spacial score (nSPS) is 28.5. The quantitative estimate of drug-likeness (QED) is 0.631. The largest absolute Gasteiger partial charge is 0.454 e. The molecule has 0 aliphatic heterocycles. The predicted octanol–water partition coefficient (Wildman–Crippen LogP) is 3.12. The number of aromatic nitrogens is 3. The Balaban J connectivity index is 1.52. The molecule has 0 N–H and O–H groups in total. The van der Waals surface area contributed by atoms with E-state index < -0.39 is 0 Å². The molecule has 0 spiro atoms. The molecule has 0 amide bonds. The Morgan fingerprint density at radius 3 is 2.87 bits per heavy atom. The van der Waals surface area contributed by atoms with Crippen LogP contribution in [0.5, 0.6) is 0 Å². The van der Waals surface area contributed by atoms with Gasteiger partial charge in [0, 0.05) is 13.2 Å². The Morgan fingerprint density at radius 2 is 2.17 bits per heavy atom. The molecule has 2 heterocycles. The summed E-state index contributed by atoms with van der Waals surface area (Å²) in [6, 6.07) is 1.74. The second-order valence-electron chi connectivity index (χ2n) is 7.43. The van der Waals surface area contributed by atoms with Crippen LogP contribution in [0.3, 0.4) is 0 Å². The molecule has 3 saturated carbocycles. The summed E-state index contributed by atoms with van der Waals surface area (Å²) in [7, 11) is 1.88. The van der Waals surface area contributed by atoms with E-state index in [1.807, 2.05) is 11.6 Å². The first-order valence-corrected chi connectivity index (χ1v) is 8.04. The van der Waals surface area contributed by atoms with Gasteiger partial charge in [0.2, 0.25) is 0 Å². The molecule has 2 bridgehead atoms. The minimum atomic E-state index is -0.338. The zero-order valence-corrected chi connectivity index (χ0v) is 13.7. The lowest BCUT2D eigenvalue weighted by Gasteiger charge is -2.59. The van der Waals surface area contributed by atoms with Crippen LogP contribution in [0.15, 0.2) is 30.7 Å². The van der Waals surface area contributed by atoms with Gasteiger partial charge < -0.3 is 9.30 Å². The standard InChI is InChI=1S/C18H21N3O2/c1-10-13-6-12(18(13,2)3)7-15(10)23-17(22)11-5-14-16(19-8-11)21(4)9-20-14/h5,8-9,12-13,15H,1,6-7H2,2-4H3/t12-,13+,15+/m1/s1. The number of nitrogens with zero attached hydrogens (tertiary/aromatic N) is 3. The van der Waals surface area contributed by atoms with Crippen LogP contribution in [-0.4, -0.2) is 26.6 Å². The third-order valence-electron chi connectivity index (χ3n) is 5.87. The van der Waals surface area contributed by atoms with Gasteiger partial charge in [-0.2, -0.15) is 0 Å². The summed E-state index contributed by atoms with van der Waals surface area (Å²) in [6.07, 6.45) is 5.14. The number of rotatable bonds is 2. The molecule has 3 aliphatic carbocycles. The molecule has 0 aromatic carbocycles. The van der Waals surface area contributed by atoms with Gasteiger partial charge in [-0.25, -0.2) is 14.8 Å². The van der Waals surface area contributed by atoms with Gasteiger partial charge in [0.05, 0.1) is 11.9 Å². The van der Waals surface area contributed by atoms with E-state index in [1.165, 1.54) is 6.42 Å². The summed E-state index contributed by atoms with van der Waals surface area (Å²) in [5.74, 6) is 0.748. The minimum Gasteiger partial charge on any atom is -0.454 e. The highest BCUT2D eigenvalue weighted by molar-refractivity contribution is 5.92. The maximum atomic E-state index is 12.5. The number of imidazole rings is 1. The molecule has 2 aromatic rings. The van der Waals surface area contributed by atoms with Gasteiger partial charge in [-0.1, -0.05) is 20.4 Å². The molecule has 3 aliphatic rings. The van der Waals surface area contributed by atoms with Gasteiger partial charge in [0.25, 0.3) is 0 Å². The lowest BCUT2D eigenvalue weighted by molar-refractivity contribution is -0.0769. The van der Waals surface area contributed by atoms with E-state index >= 15 is 0 Å². The Bertz CT molecular complexity index is 821. The minimum absolute atomic E-state index is 0.168. The molecule has 5 heteroatoms. The van der Waals surface area contributed by atoms with Crippen molar-refractivity contribution in [1.29, 1.82) is 0 Å². The third kappa shape index (κ3) is 2.02. The number of aryl methyl sites for hydroxylation is 1. The zero-order chi connectivity index (χ0) is 16.4. The van der Waals surface area contributed by atoms with Crippen LogP contribution in [0, 0.1) is 17.3 Å². The highest BCUT2D eigenvalue weighted by atomic mass is 16.5. The van der Waals surface area contributed by atoms with Crippen molar-refractivity contribution in [2.75, 3.05) is 0 Å². The second kappa shape index (κ2) is 4.66. The molecule has 2 aromatic heterocycles. The first-order valence-electron chi connectivity index (χ1n) is 8.04. The van der Waals surface area contributed by atoms with Crippen molar-refractivity contribution >= 4 is 17.1 Å². The lowest BCUT2D eigenvalue weighted by atomic mass is 9.47. The Labute approximate surface area is 135 Å². The smallest absolute Gasteiger partial charge is 0.340 e. The first kappa shape index (κ1) is 14.4. The predicted molar refractivity (Wildman–Crippen MR) is 86.8 cm³/mol. The summed E-state index contributed by atoms with van der Waals surface area (Å²) < 4.78 is 7.55. The molecule has 3 fully saturated rings. The maximum absolute atomic E-state index is 12.5. The van der Waals surface area contributed by atoms with Crippen molar-refractivity contribution in [3.63, 3.8) is 0 Å². The summed E-state index contributed by atoms with van der Waals surface area (Å²) in [5.41, 5.74) is 3.27. The van der Waals surface area contributed by atoms with Crippen molar-refractivity contribution in [3.05, 3.63) is 36.3 Å². The number of esters is 1. The van der Waals surface area contributed by atoms with Crippen molar-refractivity contribution < 1.29 is 9.53 Å². The number of carbonyl (C=O) groups excluding carboxylic acids is 1. The Morgan fingerprint density at radius 1 is 1.39 bits per heavy atom. The van der Waals surface area contributed by atoms with Gasteiger partial charge in [-0.3, -0.25) is 0 Å². The monoisotopic (exact) mass is 311 g/mol. The highest BCUT2D eigenvalue weighted by Gasteiger charge is 2.55. The number of fused-ring (bicyclic) bond motifs is 3. The average Bonchev–Trinajstić information content (AvgIpc) is 2.89. The van der Waals surface area contributed by atoms with Crippen LogP contribution in [0.1, 0.15) is 37.0 Å². The van der Waals surface area contributed by atoms with E-state index in [1.54, 1.807) is 18.6 Å². The van der Waals surface area contributed by atoms with E-state index in [4.69, 9.17) is 4.74 Å². The van der Waals surface area contributed by atoms with Crippen LogP contribution >= 0.6 is 0 Å². The van der Waals surface area contributed by atoms with Crippen LogP contribution < -0.4 is 0 Å². The van der Waals surface area contributed by atoms with Crippen molar-refractivity contribution in [3.8, 4) is 0 Å². The molecule has 3 atom stereocenters. The molecule has 5 rings (SSSR count). The van der Waals surface area contributed by atoms with Gasteiger partial charge in [0.15, 0.2) is 5.65 Å². The van der Waals surface area contributed by atoms with Gasteiger partial charge >= 0.3 is 5.97 Å². The van der Waals surface area contributed by atoms with E-state index in [0.29, 0.717) is 28.3 Å². The molecule has 0 unspecified atom stereocenters. The van der Waals surface area contributed by atoms with Crippen molar-refractivity contribution in [2.24, 2.45) is 24.3 Å². The van der Waals surface area contributed by atoms with Gasteiger partial charge in [0.1, 0.15) is 11.6 Å². The van der Waals surface area contributed by atoms with Gasteiger partial charge in [-0.05, 0) is 41.7 Å². The molecule has 0 saturated heterocycles. The Kier molecular flexibility index (Phi) is 2.92. The summed E-state index contributed by atoms with van der Waals surface area (Å²) in [5, 5.41) is 0. The number of pyridine rings is 1. The summed E-state index contributed by atoms with van der Waals surface area (Å²) in [4.78, 5) is 21.0. The number of hydrogen-bond donors (Lipinski definition) is 0. The lowest BCUT2D eigenvalue weighted by Crippen LogP contribution is -2.54. The first-order chi connectivity index (χ1) is 10.9. The topological polar surface area (TPSA) is 57.0 Å². The van der Waals surface area contributed by atoms with Gasteiger partial charge in [-0.15, -0.1) is 0 Å². The molecule has 5 nitrogen and oxygen atoms in total. The third-order valence-corrected chi connectivity index (χ3v) is 5.87. The molecule has 120 valence electrons. The van der Waals surface area contributed by atoms with Crippen LogP contribution in [0.4, 0.5) is 0 Å². The molecule has 23 heavy (non-hydrogen) atoms. The number of carbonyl (C=O) groups is 1. The summed E-state index contributed by atoms with van der Waals surface area (Å²) >= 11 is 0. The van der Waals surface area contributed by atoms with E-state index in [0.717, 1.165) is 17.6 Å². The molecule has 0 radical (unpaired) electrons. The van der Waals surface area contributed by atoms with Crippen LogP contribution in [0.25, 0.3) is 11.2 Å².